The molecular formula is C5H13NS2. The van der Waals surface area contributed by atoms with E-state index in [-0.39, 0.29) is 0 Å². The van der Waals surface area contributed by atoms with E-state index in [0.29, 0.717) is 17.2 Å². The molecule has 1 nitrogen and oxygen atoms in total. The highest BCUT2D eigenvalue weighted by atomic mass is 33.1. The third kappa shape index (κ3) is 6.66. The van der Waals surface area contributed by atoms with Crippen molar-refractivity contribution in [2.24, 2.45) is 5.73 Å². The fourth-order valence-electron chi connectivity index (χ4n) is 0.150. The second-order valence-corrected chi connectivity index (χ2v) is 2.97. The van der Waals surface area contributed by atoms with Gasteiger partial charge in [-0.05, 0) is 6.42 Å². The highest BCUT2D eigenvalue weighted by molar-refractivity contribution is 8.76. The molecule has 0 bridgehead atoms. The van der Waals surface area contributed by atoms with Gasteiger partial charge in [0.2, 0.25) is 0 Å². The van der Waals surface area contributed by atoms with Crippen LogP contribution in [0.1, 0.15) is 20.2 Å². The highest BCUT2D eigenvalue weighted by Crippen LogP contribution is 2.20. The lowest BCUT2D eigenvalue weighted by molar-refractivity contribution is 1.11. The summed E-state index contributed by atoms with van der Waals surface area (Å²) in [6.07, 6.45) is 0.599. The minimum Gasteiger partial charge on any atom is -0.330 e. The first kappa shape index (κ1) is 3.17. The van der Waals surface area contributed by atoms with Crippen molar-refractivity contribution >= 4 is 21.6 Å². The second-order valence-electron chi connectivity index (χ2n) is 1.00. The Labute approximate surface area is 66.2 Å². The Hall–Kier alpha value is 0.660. The summed E-state index contributed by atoms with van der Waals surface area (Å²) < 4.78 is 35.9. The maximum absolute atomic E-state index is 7.32. The molecule has 0 aliphatic carbocycles. The molecule has 0 aliphatic rings. The number of nitrogens with two attached hydrogens (primary N) is 1. The largest absolute Gasteiger partial charge is 0.330 e. The summed E-state index contributed by atoms with van der Waals surface area (Å²) in [5.74, 6) is 0. The van der Waals surface area contributed by atoms with Gasteiger partial charge < -0.3 is 5.73 Å². The van der Waals surface area contributed by atoms with Gasteiger partial charge in [-0.1, -0.05) is 28.5 Å². The standard InChI is InChI=1S/C5H13NS2/c1-2-4-7-8-5-3-6/h2-6H2,1H3/i3D2,4D,5D2. The summed E-state index contributed by atoms with van der Waals surface area (Å²) in [7, 11) is 1.68. The Morgan fingerprint density at radius 1 is 1.62 bits per heavy atom. The van der Waals surface area contributed by atoms with Crippen molar-refractivity contribution in [2.45, 2.75) is 13.3 Å². The molecular weight excluding hydrogens is 138 g/mol. The molecule has 0 rings (SSSR count). The second kappa shape index (κ2) is 7.66. The minimum absolute atomic E-state index is 0.442. The highest BCUT2D eigenvalue weighted by Gasteiger charge is 1.83. The van der Waals surface area contributed by atoms with Gasteiger partial charge in [0.15, 0.2) is 0 Å². The Balaban J connectivity index is 4.04. The third-order valence-electron chi connectivity index (χ3n) is 0.383. The third-order valence-corrected chi connectivity index (χ3v) is 2.10. The topological polar surface area (TPSA) is 26.0 Å². The summed E-state index contributed by atoms with van der Waals surface area (Å²) in [5.41, 5.74) is 2.40. The monoisotopic (exact) mass is 156 g/mol. The minimum atomic E-state index is -2.38. The van der Waals surface area contributed by atoms with E-state index in [2.05, 4.69) is 0 Å². The van der Waals surface area contributed by atoms with E-state index >= 15 is 0 Å². The molecule has 0 fully saturated rings. The molecule has 50 valence electrons. The Morgan fingerprint density at radius 3 is 2.88 bits per heavy atom. The van der Waals surface area contributed by atoms with Gasteiger partial charge in [-0.3, -0.25) is 0 Å². The average Bonchev–Trinajstić information content (AvgIpc) is 1.98. The van der Waals surface area contributed by atoms with Crippen LogP contribution in [0, 0.1) is 0 Å². The van der Waals surface area contributed by atoms with Crippen LogP contribution in [0.2, 0.25) is 0 Å². The zero-order valence-corrected chi connectivity index (χ0v) is 6.31. The Kier molecular flexibility index (Phi) is 3.04. The molecule has 0 radical (unpaired) electrons. The van der Waals surface area contributed by atoms with Gasteiger partial charge in [0.05, 0.1) is 0 Å². The molecule has 3 heteroatoms. The zero-order chi connectivity index (χ0) is 10.7. The SMILES string of the molecule is [2H]C(CC)SSC([2H])([2H])C([2H])([2H])N. The quantitative estimate of drug-likeness (QED) is 0.614. The molecule has 0 aliphatic heterocycles. The van der Waals surface area contributed by atoms with Crippen LogP contribution in [-0.2, 0) is 0 Å². The smallest absolute Gasteiger partial charge is 0.0434 e. The van der Waals surface area contributed by atoms with Crippen LogP contribution in [0.4, 0.5) is 0 Å². The predicted molar refractivity (Wildman–Crippen MR) is 44.3 cm³/mol. The van der Waals surface area contributed by atoms with Crippen LogP contribution in [0.25, 0.3) is 0 Å². The zero-order valence-electron chi connectivity index (χ0n) is 9.68. The van der Waals surface area contributed by atoms with Crippen LogP contribution in [-0.4, -0.2) is 17.9 Å². The molecule has 1 atom stereocenters. The average molecular weight is 156 g/mol. The lowest BCUT2D eigenvalue weighted by Gasteiger charge is -1.93. The van der Waals surface area contributed by atoms with Crippen LogP contribution >= 0.6 is 21.6 Å². The van der Waals surface area contributed by atoms with Crippen molar-refractivity contribution in [3.63, 3.8) is 0 Å². The van der Waals surface area contributed by atoms with Crippen LogP contribution in [0.3, 0.4) is 0 Å². The van der Waals surface area contributed by atoms with E-state index < -0.39 is 17.9 Å². The maximum atomic E-state index is 7.32. The first-order chi connectivity index (χ1) is 5.70. The number of hydrogen-bond acceptors (Lipinski definition) is 3. The van der Waals surface area contributed by atoms with E-state index in [0.717, 1.165) is 10.8 Å². The molecule has 1 unspecified atom stereocenters. The lowest BCUT2D eigenvalue weighted by Crippen LogP contribution is -1.99. The molecule has 2 N–H and O–H groups in total. The molecule has 0 saturated heterocycles. The Morgan fingerprint density at radius 2 is 2.38 bits per heavy atom. The molecule has 0 aromatic carbocycles. The van der Waals surface area contributed by atoms with Crippen molar-refractivity contribution in [3.8, 4) is 0 Å². The molecule has 0 heterocycles. The fourth-order valence-corrected chi connectivity index (χ4v) is 1.35. The van der Waals surface area contributed by atoms with E-state index in [1.54, 1.807) is 0 Å². The van der Waals surface area contributed by atoms with Crippen LogP contribution in [0.5, 0.6) is 0 Å². The van der Waals surface area contributed by atoms with Crippen LogP contribution in [0.15, 0.2) is 0 Å². The maximum Gasteiger partial charge on any atom is 0.0434 e. The molecule has 0 amide bonds. The van der Waals surface area contributed by atoms with E-state index in [4.69, 9.17) is 12.6 Å². The number of hydrogen-bond donors (Lipinski definition) is 1. The van der Waals surface area contributed by atoms with Gasteiger partial charge >= 0.3 is 0 Å². The van der Waals surface area contributed by atoms with Crippen molar-refractivity contribution < 1.29 is 6.85 Å². The van der Waals surface area contributed by atoms with Gasteiger partial charge in [0, 0.05) is 24.8 Å². The predicted octanol–water partition coefficient (Wildman–Crippen LogP) is 1.74. The number of rotatable bonds is 5. The summed E-state index contributed by atoms with van der Waals surface area (Å²) in [5, 5.41) is 0. The molecule has 8 heavy (non-hydrogen) atoms. The van der Waals surface area contributed by atoms with Crippen molar-refractivity contribution in [2.75, 3.05) is 17.9 Å². The van der Waals surface area contributed by atoms with Gasteiger partial charge in [-0.2, -0.15) is 0 Å². The van der Waals surface area contributed by atoms with Gasteiger partial charge in [-0.15, -0.1) is 0 Å². The molecule has 0 spiro atoms. The fraction of sp³-hybridized carbons (Fsp3) is 1.00. The van der Waals surface area contributed by atoms with Crippen LogP contribution < -0.4 is 5.73 Å². The summed E-state index contributed by atoms with van der Waals surface area (Å²) in [6, 6.07) is 0. The summed E-state index contributed by atoms with van der Waals surface area (Å²) >= 11 is 0. The van der Waals surface area contributed by atoms with E-state index in [1.165, 1.54) is 0 Å². The summed E-state index contributed by atoms with van der Waals surface area (Å²) in [4.78, 5) is 0. The molecule has 0 aromatic heterocycles. The summed E-state index contributed by atoms with van der Waals surface area (Å²) in [6.45, 7) is -0.560. The molecule has 0 saturated carbocycles. The normalized spacial score (nSPS) is 26.5. The van der Waals surface area contributed by atoms with E-state index in [9.17, 15) is 0 Å². The van der Waals surface area contributed by atoms with Crippen molar-refractivity contribution in [1.82, 2.24) is 0 Å². The van der Waals surface area contributed by atoms with Gasteiger partial charge in [-0.25, -0.2) is 0 Å². The van der Waals surface area contributed by atoms with Gasteiger partial charge in [0.25, 0.3) is 0 Å². The first-order valence-corrected chi connectivity index (χ1v) is 4.47. The van der Waals surface area contributed by atoms with E-state index in [1.807, 2.05) is 6.92 Å². The first-order valence-electron chi connectivity index (χ1n) is 4.84. The van der Waals surface area contributed by atoms with Gasteiger partial charge in [0.1, 0.15) is 0 Å². The Bertz CT molecular complexity index is 159. The molecule has 0 aromatic rings. The van der Waals surface area contributed by atoms with Crippen molar-refractivity contribution in [3.05, 3.63) is 0 Å². The lowest BCUT2D eigenvalue weighted by atomic mass is 10.6. The van der Waals surface area contributed by atoms with Crippen molar-refractivity contribution in [1.29, 1.82) is 0 Å².